The molecule has 0 aliphatic heterocycles. The predicted molar refractivity (Wildman–Crippen MR) is 41.5 cm³/mol. The number of hydrogen-bond acceptors (Lipinski definition) is 1. The molecule has 4 nitrogen and oxygen atoms in total. The second-order valence-corrected chi connectivity index (χ2v) is 3.32. The van der Waals surface area contributed by atoms with Gasteiger partial charge in [-0.1, -0.05) is 5.11 Å². The molecule has 5 heteroatoms. The molecule has 0 aliphatic rings. The van der Waals surface area contributed by atoms with E-state index in [9.17, 15) is 0 Å². The van der Waals surface area contributed by atoms with E-state index in [0.717, 1.165) is 17.4 Å². The highest BCUT2D eigenvalue weighted by Crippen LogP contribution is 1.93. The van der Waals surface area contributed by atoms with Crippen molar-refractivity contribution in [2.45, 2.75) is 6.42 Å². The molecule has 11 heavy (non-hydrogen) atoms. The molecule has 0 radical (unpaired) electrons. The summed E-state index contributed by atoms with van der Waals surface area (Å²) in [6, 6.07) is 0. The SMILES string of the molecule is C[N+](C)(C)CCCN=[N+]=[N-].[I-]. The molecule has 0 amide bonds. The summed E-state index contributed by atoms with van der Waals surface area (Å²) >= 11 is 0. The van der Waals surface area contributed by atoms with Crippen LogP contribution in [0.15, 0.2) is 5.11 Å². The lowest BCUT2D eigenvalue weighted by atomic mass is 10.4. The van der Waals surface area contributed by atoms with Gasteiger partial charge in [0.1, 0.15) is 0 Å². The lowest BCUT2D eigenvalue weighted by Crippen LogP contribution is -3.00. The van der Waals surface area contributed by atoms with E-state index in [1.165, 1.54) is 0 Å². The zero-order chi connectivity index (χ0) is 8.04. The van der Waals surface area contributed by atoms with Crippen LogP contribution in [0.5, 0.6) is 0 Å². The van der Waals surface area contributed by atoms with Crippen LogP contribution < -0.4 is 24.0 Å². The van der Waals surface area contributed by atoms with Crippen molar-refractivity contribution in [3.05, 3.63) is 10.4 Å². The van der Waals surface area contributed by atoms with Crippen molar-refractivity contribution < 1.29 is 28.5 Å². The maximum atomic E-state index is 7.95. The molecule has 0 aliphatic carbocycles. The molecule has 0 unspecified atom stereocenters. The van der Waals surface area contributed by atoms with E-state index in [-0.39, 0.29) is 24.0 Å². The summed E-state index contributed by atoms with van der Waals surface area (Å²) in [4.78, 5) is 2.67. The quantitative estimate of drug-likeness (QED) is 0.147. The Bertz CT molecular complexity index is 134. The first-order valence-corrected chi connectivity index (χ1v) is 3.37. The van der Waals surface area contributed by atoms with Crippen molar-refractivity contribution in [2.24, 2.45) is 5.11 Å². The average molecular weight is 270 g/mol. The molecule has 0 aromatic heterocycles. The third kappa shape index (κ3) is 13.1. The molecule has 0 atom stereocenters. The molecule has 0 N–H and O–H groups in total. The van der Waals surface area contributed by atoms with E-state index in [2.05, 4.69) is 31.2 Å². The molecule has 0 spiro atoms. The Labute approximate surface area is 84.8 Å². The van der Waals surface area contributed by atoms with Gasteiger partial charge >= 0.3 is 0 Å². The highest BCUT2D eigenvalue weighted by Gasteiger charge is 2.03. The van der Waals surface area contributed by atoms with Gasteiger partial charge in [0, 0.05) is 17.9 Å². The number of nitrogens with zero attached hydrogens (tertiary/aromatic N) is 4. The summed E-state index contributed by atoms with van der Waals surface area (Å²) < 4.78 is 0.931. The van der Waals surface area contributed by atoms with E-state index >= 15 is 0 Å². The van der Waals surface area contributed by atoms with Crippen LogP contribution >= 0.6 is 0 Å². The first-order valence-electron chi connectivity index (χ1n) is 3.37. The summed E-state index contributed by atoms with van der Waals surface area (Å²) in [6.45, 7) is 1.67. The maximum Gasteiger partial charge on any atom is 0.0781 e. The van der Waals surface area contributed by atoms with Gasteiger partial charge in [-0.15, -0.1) is 0 Å². The van der Waals surface area contributed by atoms with Gasteiger partial charge in [0.15, 0.2) is 0 Å². The van der Waals surface area contributed by atoms with Crippen LogP contribution in [0, 0.1) is 0 Å². The average Bonchev–Trinajstić information content (AvgIpc) is 1.78. The van der Waals surface area contributed by atoms with Crippen LogP contribution in [-0.4, -0.2) is 38.7 Å². The van der Waals surface area contributed by atoms with E-state index in [1.807, 2.05) is 0 Å². The van der Waals surface area contributed by atoms with Crippen molar-refractivity contribution in [3.8, 4) is 0 Å². The van der Waals surface area contributed by atoms with Gasteiger partial charge in [-0.3, -0.25) is 0 Å². The summed E-state index contributed by atoms with van der Waals surface area (Å²) in [5.74, 6) is 0. The second-order valence-electron chi connectivity index (χ2n) is 3.32. The second kappa shape index (κ2) is 6.69. The summed E-state index contributed by atoms with van der Waals surface area (Å²) in [5.41, 5.74) is 7.95. The number of rotatable bonds is 4. The lowest BCUT2D eigenvalue weighted by molar-refractivity contribution is -0.870. The van der Waals surface area contributed by atoms with Crippen LogP contribution in [0.25, 0.3) is 10.4 Å². The molecule has 0 bridgehead atoms. The van der Waals surface area contributed by atoms with Gasteiger partial charge in [0.25, 0.3) is 0 Å². The summed E-state index contributed by atoms with van der Waals surface area (Å²) in [6.07, 6.45) is 0.966. The largest absolute Gasteiger partial charge is 1.00 e. The molecule has 0 saturated heterocycles. The zero-order valence-corrected chi connectivity index (χ0v) is 9.45. The summed E-state index contributed by atoms with van der Waals surface area (Å²) in [7, 11) is 6.36. The van der Waals surface area contributed by atoms with Gasteiger partial charge in [-0.25, -0.2) is 0 Å². The van der Waals surface area contributed by atoms with Crippen LogP contribution in [0.4, 0.5) is 0 Å². The normalized spacial score (nSPS) is 9.73. The topological polar surface area (TPSA) is 48.8 Å². The Morgan fingerprint density at radius 2 is 1.91 bits per heavy atom. The molecule has 0 aromatic carbocycles. The third-order valence-electron chi connectivity index (χ3n) is 1.15. The first-order chi connectivity index (χ1) is 4.56. The first kappa shape index (κ1) is 13.6. The highest BCUT2D eigenvalue weighted by molar-refractivity contribution is 4.45. The smallest absolute Gasteiger partial charge is 0.0781 e. The molecule has 66 valence electrons. The Morgan fingerprint density at radius 3 is 2.27 bits per heavy atom. The maximum absolute atomic E-state index is 7.95. The van der Waals surface area contributed by atoms with Gasteiger partial charge in [-0.2, -0.15) is 0 Å². The molecule has 0 rings (SSSR count). The minimum Gasteiger partial charge on any atom is -1.00 e. The summed E-state index contributed by atoms with van der Waals surface area (Å²) in [5, 5.41) is 3.45. The molecule has 0 heterocycles. The number of halogens is 1. The van der Waals surface area contributed by atoms with Crippen LogP contribution in [0.2, 0.25) is 0 Å². The van der Waals surface area contributed by atoms with Gasteiger partial charge in [-0.05, 0) is 5.53 Å². The minimum atomic E-state index is 0. The third-order valence-corrected chi connectivity index (χ3v) is 1.15. The Kier molecular flexibility index (Phi) is 8.26. The number of azide groups is 1. The number of hydrogen-bond donors (Lipinski definition) is 0. The standard InChI is InChI=1S/C6H15N4.HI/c1-10(2,3)6-4-5-8-9-7;/h4-6H2,1-3H3;1H/q+1;/p-1. The number of quaternary nitrogens is 1. The fraction of sp³-hybridized carbons (Fsp3) is 1.00. The fourth-order valence-corrected chi connectivity index (χ4v) is 0.660. The van der Waals surface area contributed by atoms with Crippen molar-refractivity contribution in [1.82, 2.24) is 0 Å². The van der Waals surface area contributed by atoms with Crippen molar-refractivity contribution >= 4 is 0 Å². The minimum absolute atomic E-state index is 0. The molecule has 0 saturated carbocycles. The van der Waals surface area contributed by atoms with Crippen LogP contribution in [0.1, 0.15) is 6.42 Å². The van der Waals surface area contributed by atoms with E-state index in [4.69, 9.17) is 5.53 Å². The van der Waals surface area contributed by atoms with Gasteiger partial charge in [0.2, 0.25) is 0 Å². The monoisotopic (exact) mass is 270 g/mol. The fourth-order valence-electron chi connectivity index (χ4n) is 0.660. The molecule has 0 fully saturated rings. The molecular weight excluding hydrogens is 255 g/mol. The Hall–Kier alpha value is 0. The predicted octanol–water partition coefficient (Wildman–Crippen LogP) is -1.60. The van der Waals surface area contributed by atoms with Crippen molar-refractivity contribution in [3.63, 3.8) is 0 Å². The highest BCUT2D eigenvalue weighted by atomic mass is 127. The van der Waals surface area contributed by atoms with Crippen LogP contribution in [0.3, 0.4) is 0 Å². The van der Waals surface area contributed by atoms with Crippen molar-refractivity contribution in [2.75, 3.05) is 34.2 Å². The van der Waals surface area contributed by atoms with Gasteiger partial charge in [0.05, 0.1) is 27.7 Å². The molecular formula is C6H15IN4. The zero-order valence-electron chi connectivity index (χ0n) is 7.29. The Morgan fingerprint density at radius 1 is 1.36 bits per heavy atom. The van der Waals surface area contributed by atoms with E-state index < -0.39 is 0 Å². The van der Waals surface area contributed by atoms with Gasteiger partial charge < -0.3 is 28.5 Å². The lowest BCUT2D eigenvalue weighted by Gasteiger charge is -2.23. The Balaban J connectivity index is 0. The molecule has 0 aromatic rings. The van der Waals surface area contributed by atoms with Crippen molar-refractivity contribution in [1.29, 1.82) is 0 Å². The van der Waals surface area contributed by atoms with E-state index in [1.54, 1.807) is 0 Å². The van der Waals surface area contributed by atoms with E-state index in [0.29, 0.717) is 6.54 Å². The van der Waals surface area contributed by atoms with Crippen LogP contribution in [-0.2, 0) is 0 Å².